The Morgan fingerprint density at radius 3 is 2.81 bits per heavy atom. The zero-order valence-corrected chi connectivity index (χ0v) is 9.83. The summed E-state index contributed by atoms with van der Waals surface area (Å²) in [5, 5.41) is 21.0. The summed E-state index contributed by atoms with van der Waals surface area (Å²) in [6.45, 7) is 5.18. The van der Waals surface area contributed by atoms with Gasteiger partial charge in [0.1, 0.15) is 0 Å². The van der Waals surface area contributed by atoms with Crippen molar-refractivity contribution in [1.82, 2.24) is 0 Å². The van der Waals surface area contributed by atoms with Crippen LogP contribution < -0.4 is 5.32 Å². The normalized spacial score (nSPS) is 10.9. The molecule has 0 aromatic heterocycles. The smallest absolute Gasteiger partial charge is 0.0992 e. The van der Waals surface area contributed by atoms with Gasteiger partial charge in [-0.05, 0) is 30.0 Å². The maximum Gasteiger partial charge on any atom is 0.0992 e. The molecule has 0 amide bonds. The predicted molar refractivity (Wildman–Crippen MR) is 65.1 cm³/mol. The second-order valence-electron chi connectivity index (χ2n) is 4.68. The van der Waals surface area contributed by atoms with Crippen molar-refractivity contribution < 1.29 is 5.11 Å². The highest BCUT2D eigenvalue weighted by molar-refractivity contribution is 5.49. The van der Waals surface area contributed by atoms with Crippen LogP contribution >= 0.6 is 0 Å². The predicted octanol–water partition coefficient (Wildman–Crippen LogP) is 2.38. The molecule has 3 nitrogen and oxygen atoms in total. The van der Waals surface area contributed by atoms with Crippen LogP contribution in [0.1, 0.15) is 25.8 Å². The maximum absolute atomic E-state index is 8.91. The van der Waals surface area contributed by atoms with E-state index in [0.717, 1.165) is 18.7 Å². The van der Waals surface area contributed by atoms with Crippen LogP contribution in [0.3, 0.4) is 0 Å². The van der Waals surface area contributed by atoms with E-state index in [1.165, 1.54) is 0 Å². The van der Waals surface area contributed by atoms with E-state index >= 15 is 0 Å². The molecular formula is C13H18N2O. The zero-order valence-electron chi connectivity index (χ0n) is 9.83. The van der Waals surface area contributed by atoms with Crippen LogP contribution in [-0.2, 0) is 0 Å². The highest BCUT2D eigenvalue weighted by atomic mass is 16.3. The third-order valence-electron chi connectivity index (χ3n) is 2.55. The summed E-state index contributed by atoms with van der Waals surface area (Å²) in [6.07, 6.45) is 0.762. The molecule has 0 saturated heterocycles. The number of nitriles is 1. The molecule has 3 heteroatoms. The highest BCUT2D eigenvalue weighted by Crippen LogP contribution is 2.21. The molecule has 86 valence electrons. The lowest BCUT2D eigenvalue weighted by atomic mass is 9.89. The van der Waals surface area contributed by atoms with Crippen molar-refractivity contribution in [3.8, 4) is 6.07 Å². The van der Waals surface area contributed by atoms with Gasteiger partial charge in [0.25, 0.3) is 0 Å². The van der Waals surface area contributed by atoms with Gasteiger partial charge in [0, 0.05) is 18.8 Å². The minimum atomic E-state index is 0.0530. The summed E-state index contributed by atoms with van der Waals surface area (Å²) in [5.41, 5.74) is 1.66. The molecule has 0 heterocycles. The molecule has 16 heavy (non-hydrogen) atoms. The average Bonchev–Trinajstić information content (AvgIpc) is 2.27. The minimum Gasteiger partial charge on any atom is -0.396 e. The van der Waals surface area contributed by atoms with Crippen molar-refractivity contribution >= 4 is 5.69 Å². The van der Waals surface area contributed by atoms with Gasteiger partial charge in [-0.1, -0.05) is 19.9 Å². The Morgan fingerprint density at radius 2 is 2.19 bits per heavy atom. The molecule has 0 fully saturated rings. The number of aliphatic hydroxyl groups excluding tert-OH is 1. The SMILES string of the molecule is CC(C)(CCO)CNc1cccc(C#N)c1. The monoisotopic (exact) mass is 218 g/mol. The molecule has 1 rings (SSSR count). The first kappa shape index (κ1) is 12.5. The lowest BCUT2D eigenvalue weighted by molar-refractivity contribution is 0.220. The van der Waals surface area contributed by atoms with Crippen LogP contribution in [0.15, 0.2) is 24.3 Å². The first-order valence-electron chi connectivity index (χ1n) is 5.42. The molecule has 0 aliphatic rings. The fraction of sp³-hybridized carbons (Fsp3) is 0.462. The highest BCUT2D eigenvalue weighted by Gasteiger charge is 2.16. The largest absolute Gasteiger partial charge is 0.396 e. The topological polar surface area (TPSA) is 56.0 Å². The van der Waals surface area contributed by atoms with Crippen molar-refractivity contribution in [3.63, 3.8) is 0 Å². The van der Waals surface area contributed by atoms with Crippen LogP contribution in [-0.4, -0.2) is 18.3 Å². The van der Waals surface area contributed by atoms with Crippen molar-refractivity contribution in [2.24, 2.45) is 5.41 Å². The number of nitrogens with one attached hydrogen (secondary N) is 1. The van der Waals surface area contributed by atoms with Gasteiger partial charge >= 0.3 is 0 Å². The summed E-state index contributed by atoms with van der Waals surface area (Å²) in [4.78, 5) is 0. The Morgan fingerprint density at radius 1 is 1.44 bits per heavy atom. The van der Waals surface area contributed by atoms with Crippen LogP contribution in [0, 0.1) is 16.7 Å². The molecule has 0 aliphatic heterocycles. The summed E-state index contributed by atoms with van der Waals surface area (Å²) in [5.74, 6) is 0. The number of aliphatic hydroxyl groups is 1. The number of rotatable bonds is 5. The van der Waals surface area contributed by atoms with Crippen LogP contribution in [0.4, 0.5) is 5.69 Å². The first-order chi connectivity index (χ1) is 7.57. The van der Waals surface area contributed by atoms with Gasteiger partial charge in [0.2, 0.25) is 0 Å². The number of hydrogen-bond acceptors (Lipinski definition) is 3. The lowest BCUT2D eigenvalue weighted by Gasteiger charge is -2.24. The van der Waals surface area contributed by atoms with Crippen molar-refractivity contribution in [2.45, 2.75) is 20.3 Å². The van der Waals surface area contributed by atoms with Crippen molar-refractivity contribution in [3.05, 3.63) is 29.8 Å². The maximum atomic E-state index is 8.91. The molecular weight excluding hydrogens is 200 g/mol. The summed E-state index contributed by atoms with van der Waals surface area (Å²) < 4.78 is 0. The van der Waals surface area contributed by atoms with Crippen LogP contribution in [0.5, 0.6) is 0 Å². The summed E-state index contributed by atoms with van der Waals surface area (Å²) in [6, 6.07) is 9.52. The molecule has 2 N–H and O–H groups in total. The van der Waals surface area contributed by atoms with E-state index in [-0.39, 0.29) is 12.0 Å². The standard InChI is InChI=1S/C13H18N2O/c1-13(2,6-7-16)10-15-12-5-3-4-11(8-12)9-14/h3-5,8,15-16H,6-7,10H2,1-2H3. The molecule has 1 aromatic rings. The first-order valence-corrected chi connectivity index (χ1v) is 5.42. The molecule has 0 unspecified atom stereocenters. The fourth-order valence-electron chi connectivity index (χ4n) is 1.43. The average molecular weight is 218 g/mol. The summed E-state index contributed by atoms with van der Waals surface area (Å²) in [7, 11) is 0. The summed E-state index contributed by atoms with van der Waals surface area (Å²) >= 11 is 0. The van der Waals surface area contributed by atoms with E-state index in [0.29, 0.717) is 5.56 Å². The number of nitrogens with zero attached hydrogens (tertiary/aromatic N) is 1. The molecule has 0 radical (unpaired) electrons. The molecule has 0 spiro atoms. The molecule has 0 bridgehead atoms. The van der Waals surface area contributed by atoms with Crippen LogP contribution in [0.25, 0.3) is 0 Å². The Kier molecular flexibility index (Phi) is 4.33. The third-order valence-corrected chi connectivity index (χ3v) is 2.55. The van der Waals surface area contributed by atoms with Gasteiger partial charge in [0.05, 0.1) is 11.6 Å². The molecule has 0 saturated carbocycles. The van der Waals surface area contributed by atoms with Crippen molar-refractivity contribution in [2.75, 3.05) is 18.5 Å². The van der Waals surface area contributed by atoms with Gasteiger partial charge in [-0.2, -0.15) is 5.26 Å². The second-order valence-corrected chi connectivity index (χ2v) is 4.68. The van der Waals surface area contributed by atoms with Gasteiger partial charge < -0.3 is 10.4 Å². The Hall–Kier alpha value is -1.53. The van der Waals surface area contributed by atoms with E-state index in [2.05, 4.69) is 25.2 Å². The minimum absolute atomic E-state index is 0.0530. The van der Waals surface area contributed by atoms with Crippen molar-refractivity contribution in [1.29, 1.82) is 5.26 Å². The second kappa shape index (κ2) is 5.53. The quantitative estimate of drug-likeness (QED) is 0.797. The lowest BCUT2D eigenvalue weighted by Crippen LogP contribution is -2.24. The van der Waals surface area contributed by atoms with E-state index in [4.69, 9.17) is 10.4 Å². The van der Waals surface area contributed by atoms with E-state index in [1.54, 1.807) is 6.07 Å². The Labute approximate surface area is 96.7 Å². The Bertz CT molecular complexity index is 380. The molecule has 1 aromatic carbocycles. The van der Waals surface area contributed by atoms with E-state index in [9.17, 15) is 0 Å². The van der Waals surface area contributed by atoms with Crippen LogP contribution in [0.2, 0.25) is 0 Å². The van der Waals surface area contributed by atoms with Gasteiger partial charge in [-0.15, -0.1) is 0 Å². The number of hydrogen-bond donors (Lipinski definition) is 2. The number of benzene rings is 1. The van der Waals surface area contributed by atoms with Gasteiger partial charge in [-0.3, -0.25) is 0 Å². The third kappa shape index (κ3) is 3.92. The van der Waals surface area contributed by atoms with Gasteiger partial charge in [0.15, 0.2) is 0 Å². The van der Waals surface area contributed by atoms with E-state index < -0.39 is 0 Å². The number of anilines is 1. The van der Waals surface area contributed by atoms with E-state index in [1.807, 2.05) is 18.2 Å². The zero-order chi connectivity index (χ0) is 12.0. The molecule has 0 atom stereocenters. The van der Waals surface area contributed by atoms with Gasteiger partial charge in [-0.25, -0.2) is 0 Å². The fourth-order valence-corrected chi connectivity index (χ4v) is 1.43. The Balaban J connectivity index is 2.58. The molecule has 0 aliphatic carbocycles.